The van der Waals surface area contributed by atoms with E-state index >= 15 is 0 Å². The highest BCUT2D eigenvalue weighted by atomic mass is 35.5. The fourth-order valence-electron chi connectivity index (χ4n) is 6.96. The summed E-state index contributed by atoms with van der Waals surface area (Å²) in [5, 5.41) is 9.89. The largest absolute Gasteiger partial charge is 0.346 e. The van der Waals surface area contributed by atoms with Gasteiger partial charge in [-0.05, 0) is 87.4 Å². The molecule has 0 amide bonds. The fourth-order valence-corrected chi connectivity index (χ4v) is 7.21. The van der Waals surface area contributed by atoms with E-state index in [2.05, 4.69) is 59.9 Å². The van der Waals surface area contributed by atoms with Crippen molar-refractivity contribution in [2.45, 2.75) is 78.6 Å². The number of benzene rings is 2. The number of piperidine rings is 1. The molecule has 2 aromatic carbocycles. The predicted octanol–water partition coefficient (Wildman–Crippen LogP) is 8.07. The van der Waals surface area contributed by atoms with Crippen LogP contribution in [-0.2, 0) is 19.4 Å². The van der Waals surface area contributed by atoms with Crippen LogP contribution in [0, 0.1) is 12.8 Å². The number of nitrogens with zero attached hydrogens (tertiary/aromatic N) is 6. The number of aromatic nitrogens is 4. The number of aryl methyl sites for hydroxylation is 1. The summed E-state index contributed by atoms with van der Waals surface area (Å²) in [5.74, 6) is 1.59. The highest BCUT2D eigenvalue weighted by Gasteiger charge is 2.32. The van der Waals surface area contributed by atoms with Crippen LogP contribution in [-0.4, -0.2) is 55.9 Å². The molecule has 0 spiro atoms. The summed E-state index contributed by atoms with van der Waals surface area (Å²) in [4.78, 5) is 11.7. The van der Waals surface area contributed by atoms with Gasteiger partial charge in [-0.1, -0.05) is 61.9 Å². The van der Waals surface area contributed by atoms with E-state index in [4.69, 9.17) is 21.7 Å². The van der Waals surface area contributed by atoms with Crippen LogP contribution in [0.1, 0.15) is 68.6 Å². The maximum absolute atomic E-state index is 14.4. The van der Waals surface area contributed by atoms with E-state index in [1.165, 1.54) is 37.9 Å². The van der Waals surface area contributed by atoms with Crippen molar-refractivity contribution in [3.8, 4) is 11.1 Å². The fraction of sp³-hybridized carbons (Fsp3) is 0.432. The van der Waals surface area contributed by atoms with Crippen LogP contribution in [0.3, 0.4) is 0 Å². The molecule has 1 unspecified atom stereocenters. The average molecular weight is 642 g/mol. The van der Waals surface area contributed by atoms with Crippen molar-refractivity contribution >= 4 is 28.3 Å². The Morgan fingerprint density at radius 2 is 2.00 bits per heavy atom. The lowest BCUT2D eigenvalue weighted by Gasteiger charge is -2.31. The molecule has 2 aliphatic heterocycles. The highest BCUT2D eigenvalue weighted by molar-refractivity contribution is 6.36. The molecule has 0 aliphatic carbocycles. The summed E-state index contributed by atoms with van der Waals surface area (Å²) >= 11 is 6.96. The van der Waals surface area contributed by atoms with Crippen molar-refractivity contribution < 1.29 is 4.39 Å². The minimum absolute atomic E-state index is 0.308. The van der Waals surface area contributed by atoms with Gasteiger partial charge in [-0.3, -0.25) is 4.68 Å². The lowest BCUT2D eigenvalue weighted by atomic mass is 9.94. The van der Waals surface area contributed by atoms with Crippen molar-refractivity contribution in [3.05, 3.63) is 94.9 Å². The van der Waals surface area contributed by atoms with Crippen LogP contribution in [0.2, 0.25) is 5.02 Å². The van der Waals surface area contributed by atoms with Crippen molar-refractivity contribution in [2.75, 3.05) is 19.6 Å². The molecule has 9 heteroatoms. The molecule has 2 aromatic heterocycles. The number of nitrogens with one attached hydrogen (secondary N) is 1. The Hall–Kier alpha value is -3.75. The Kier molecular flexibility index (Phi) is 9.76. The number of rotatable bonds is 10. The lowest BCUT2D eigenvalue weighted by molar-refractivity contribution is 0.184. The second kappa shape index (κ2) is 13.9. The molecule has 46 heavy (non-hydrogen) atoms. The lowest BCUT2D eigenvalue weighted by Crippen LogP contribution is -2.34. The molecular formula is C37H45ClFN7. The second-order valence-corrected chi connectivity index (χ2v) is 13.2. The number of hydrogen-bond acceptors (Lipinski definition) is 4. The third-order valence-corrected chi connectivity index (χ3v) is 10.00. The molecule has 4 heterocycles. The van der Waals surface area contributed by atoms with Gasteiger partial charge in [-0.2, -0.15) is 5.10 Å². The number of halogens is 2. The number of aliphatic imine (C=N–C) groups is 1. The molecule has 242 valence electrons. The van der Waals surface area contributed by atoms with E-state index < -0.39 is 12.2 Å². The monoisotopic (exact) mass is 641 g/mol. The molecule has 1 N–H and O–H groups in total. The number of hydrogen-bond donors (Lipinski definition) is 1. The number of fused-ring (bicyclic) bond motifs is 2. The zero-order chi connectivity index (χ0) is 32.4. The first-order valence-electron chi connectivity index (χ1n) is 16.5. The molecule has 1 fully saturated rings. The number of alkyl halides is 1. The summed E-state index contributed by atoms with van der Waals surface area (Å²) < 4.78 is 18.2. The Balaban J connectivity index is 1.28. The Morgan fingerprint density at radius 3 is 2.72 bits per heavy atom. The highest BCUT2D eigenvalue weighted by Crippen LogP contribution is 2.37. The molecule has 0 saturated carbocycles. The first kappa shape index (κ1) is 32.2. The van der Waals surface area contributed by atoms with Gasteiger partial charge in [0, 0.05) is 42.1 Å². The topological polar surface area (TPSA) is 63.3 Å². The van der Waals surface area contributed by atoms with Crippen LogP contribution >= 0.6 is 11.6 Å². The minimum Gasteiger partial charge on any atom is -0.346 e. The average Bonchev–Trinajstić information content (AvgIpc) is 3.77. The van der Waals surface area contributed by atoms with Crippen molar-refractivity contribution in [1.82, 2.24) is 29.5 Å². The van der Waals surface area contributed by atoms with Crippen LogP contribution < -0.4 is 5.32 Å². The normalized spacial score (nSPS) is 18.5. The zero-order valence-electron chi connectivity index (χ0n) is 27.4. The van der Waals surface area contributed by atoms with Crippen LogP contribution in [0.25, 0.3) is 22.0 Å². The zero-order valence-corrected chi connectivity index (χ0v) is 28.2. The SMILES string of the molecule is C=C(NC(C)=N/C=C\C)C(c1ncn2c1C[C@@H](F)C2)n1cc2c(Cl)cc(-c3ccc(CCN4CCC(CC)CC4)cc3)c(C)c2n1. The van der Waals surface area contributed by atoms with Gasteiger partial charge in [0.2, 0.25) is 0 Å². The summed E-state index contributed by atoms with van der Waals surface area (Å²) in [6.45, 7) is 16.4. The van der Waals surface area contributed by atoms with Crippen molar-refractivity contribution in [1.29, 1.82) is 0 Å². The molecule has 2 aliphatic rings. The number of imidazole rings is 1. The van der Waals surface area contributed by atoms with E-state index in [1.54, 1.807) is 12.5 Å². The van der Waals surface area contributed by atoms with E-state index in [1.807, 2.05) is 41.4 Å². The number of amidine groups is 1. The predicted molar refractivity (Wildman–Crippen MR) is 187 cm³/mol. The Bertz CT molecular complexity index is 1760. The first-order chi connectivity index (χ1) is 22.2. The molecule has 2 atom stereocenters. The molecule has 7 nitrogen and oxygen atoms in total. The van der Waals surface area contributed by atoms with Gasteiger partial charge in [-0.25, -0.2) is 14.4 Å². The maximum atomic E-state index is 14.4. The molecule has 0 bridgehead atoms. The van der Waals surface area contributed by atoms with Crippen LogP contribution in [0.5, 0.6) is 0 Å². The first-order valence-corrected chi connectivity index (χ1v) is 16.9. The molecule has 1 saturated heterocycles. The van der Waals surface area contributed by atoms with Crippen LogP contribution in [0.4, 0.5) is 4.39 Å². The van der Waals surface area contributed by atoms with E-state index in [0.717, 1.165) is 57.9 Å². The molecule has 0 radical (unpaired) electrons. The maximum Gasteiger partial charge on any atom is 0.135 e. The molecule has 4 aromatic rings. The van der Waals surface area contributed by atoms with E-state index in [-0.39, 0.29) is 0 Å². The van der Waals surface area contributed by atoms with Gasteiger partial charge in [-0.15, -0.1) is 0 Å². The standard InChI is InChI=1S/C37H45ClFN7/c1-6-15-40-26(5)42-25(4)37(36-34-19-30(39)21-45(34)23-41-36)46-22-32-33(38)20-31(24(3)35(32)43-46)29-10-8-28(9-11-29)14-18-44-16-12-27(7-2)13-17-44/h6,8-11,15,20,22-23,27,30,37H,4,7,12-14,16-19,21H2,1-3,5H3,(H,40,42)/b15-6-/t30-,37?/m1/s1. The van der Waals surface area contributed by atoms with E-state index in [9.17, 15) is 4.39 Å². The second-order valence-electron chi connectivity index (χ2n) is 12.8. The van der Waals surface area contributed by atoms with Gasteiger partial charge in [0.1, 0.15) is 18.0 Å². The smallest absolute Gasteiger partial charge is 0.135 e. The molecule has 6 rings (SSSR count). The molecular weight excluding hydrogens is 597 g/mol. The van der Waals surface area contributed by atoms with Gasteiger partial charge in [0.25, 0.3) is 0 Å². The number of allylic oxidation sites excluding steroid dienone is 2. The summed E-state index contributed by atoms with van der Waals surface area (Å²) in [5.41, 5.74) is 7.61. The van der Waals surface area contributed by atoms with Gasteiger partial charge < -0.3 is 14.8 Å². The summed E-state index contributed by atoms with van der Waals surface area (Å²) in [6.07, 6.45) is 11.6. The third kappa shape index (κ3) is 6.69. The van der Waals surface area contributed by atoms with Gasteiger partial charge in [0.05, 0.1) is 29.1 Å². The quantitative estimate of drug-likeness (QED) is 0.141. The van der Waals surface area contributed by atoms with Gasteiger partial charge >= 0.3 is 0 Å². The van der Waals surface area contributed by atoms with Crippen molar-refractivity contribution in [3.63, 3.8) is 0 Å². The third-order valence-electron chi connectivity index (χ3n) is 9.69. The Labute approximate surface area is 276 Å². The summed E-state index contributed by atoms with van der Waals surface area (Å²) in [7, 11) is 0. The van der Waals surface area contributed by atoms with Gasteiger partial charge in [0.15, 0.2) is 0 Å². The number of likely N-dealkylation sites (tertiary alicyclic amines) is 1. The van der Waals surface area contributed by atoms with Crippen LogP contribution in [0.15, 0.2) is 72.4 Å². The van der Waals surface area contributed by atoms with Crippen molar-refractivity contribution in [2.24, 2.45) is 10.9 Å². The van der Waals surface area contributed by atoms with E-state index in [0.29, 0.717) is 29.5 Å². The Morgan fingerprint density at radius 1 is 1.24 bits per heavy atom. The summed E-state index contributed by atoms with van der Waals surface area (Å²) in [6, 6.07) is 10.4. The minimum atomic E-state index is -0.933.